The second-order valence-electron chi connectivity index (χ2n) is 6.75. The average Bonchev–Trinajstić information content (AvgIpc) is 2.73. The number of benzene rings is 1. The Morgan fingerprint density at radius 1 is 1.00 bits per heavy atom. The summed E-state index contributed by atoms with van der Waals surface area (Å²) in [7, 11) is 0. The maximum absolute atomic E-state index is 14.4. The normalized spacial score (nSPS) is 12.0. The molecule has 2 aromatic heterocycles. The van der Waals surface area contributed by atoms with Gasteiger partial charge in [-0.15, -0.1) is 0 Å². The molecule has 0 saturated heterocycles. The number of amides is 1. The van der Waals surface area contributed by atoms with Crippen molar-refractivity contribution in [3.8, 4) is 11.1 Å². The van der Waals surface area contributed by atoms with Crippen molar-refractivity contribution >= 4 is 29.1 Å². The molecular formula is C21H14Cl2F5N3O. The molecule has 0 radical (unpaired) electrons. The van der Waals surface area contributed by atoms with E-state index in [0.29, 0.717) is 17.2 Å². The van der Waals surface area contributed by atoms with Gasteiger partial charge in [-0.05, 0) is 30.3 Å². The molecule has 0 unspecified atom stereocenters. The Bertz CT molecular complexity index is 1140. The summed E-state index contributed by atoms with van der Waals surface area (Å²) in [5, 5.41) is 1.98. The first-order chi connectivity index (χ1) is 15.0. The quantitative estimate of drug-likeness (QED) is 0.337. The maximum Gasteiger partial charge on any atom is 0.417 e. The number of hydrogen-bond donors (Lipinski definition) is 1. The largest absolute Gasteiger partial charge is 0.417 e. The zero-order chi connectivity index (χ0) is 23.5. The Kier molecular flexibility index (Phi) is 7.00. The summed E-state index contributed by atoms with van der Waals surface area (Å²) in [6, 6.07) is 8.62. The van der Waals surface area contributed by atoms with Gasteiger partial charge in [0.15, 0.2) is 0 Å². The molecule has 0 aliphatic rings. The molecule has 1 N–H and O–H groups in total. The van der Waals surface area contributed by atoms with Crippen molar-refractivity contribution in [1.29, 1.82) is 0 Å². The van der Waals surface area contributed by atoms with Crippen molar-refractivity contribution < 1.29 is 26.7 Å². The minimum Gasteiger partial charge on any atom is -0.346 e. The molecule has 32 heavy (non-hydrogen) atoms. The van der Waals surface area contributed by atoms with E-state index in [1.807, 2.05) is 5.32 Å². The SMILES string of the molecule is O=C(NCC(F)(F)Cc1ncc(-c2cccnc2Cl)cc1Cl)c1ccccc1C(F)(F)F. The standard InChI is InChI=1S/C21H14Cl2F5N3O/c22-16-8-12(13-5-3-7-29-18(13)23)10-30-17(16)9-20(24,25)11-31-19(32)14-4-1-2-6-15(14)21(26,27)28/h1-8,10H,9,11H2,(H,31,32). The third-order valence-electron chi connectivity index (χ3n) is 4.40. The van der Waals surface area contributed by atoms with Gasteiger partial charge in [-0.3, -0.25) is 9.78 Å². The summed E-state index contributed by atoms with van der Waals surface area (Å²) >= 11 is 12.1. The van der Waals surface area contributed by atoms with Crippen molar-refractivity contribution in [2.75, 3.05) is 6.54 Å². The fraction of sp³-hybridized carbons (Fsp3) is 0.190. The van der Waals surface area contributed by atoms with Crippen LogP contribution in [0.3, 0.4) is 0 Å². The molecule has 1 aromatic carbocycles. The van der Waals surface area contributed by atoms with Gasteiger partial charge in [-0.2, -0.15) is 13.2 Å². The highest BCUT2D eigenvalue weighted by Crippen LogP contribution is 2.32. The van der Waals surface area contributed by atoms with E-state index in [0.717, 1.165) is 12.1 Å². The highest BCUT2D eigenvalue weighted by Gasteiger charge is 2.36. The predicted octanol–water partition coefficient (Wildman–Crippen LogP) is 6.08. The van der Waals surface area contributed by atoms with Crippen molar-refractivity contribution in [2.24, 2.45) is 0 Å². The summed E-state index contributed by atoms with van der Waals surface area (Å²) in [5.41, 5.74) is -1.13. The number of rotatable bonds is 6. The molecule has 4 nitrogen and oxygen atoms in total. The number of nitrogens with one attached hydrogen (secondary N) is 1. The van der Waals surface area contributed by atoms with Gasteiger partial charge in [0, 0.05) is 23.5 Å². The van der Waals surface area contributed by atoms with Crippen LogP contribution in [0.2, 0.25) is 10.2 Å². The molecule has 0 atom stereocenters. The highest BCUT2D eigenvalue weighted by atomic mass is 35.5. The van der Waals surface area contributed by atoms with Gasteiger partial charge in [-0.25, -0.2) is 13.8 Å². The highest BCUT2D eigenvalue weighted by molar-refractivity contribution is 6.33. The fourth-order valence-electron chi connectivity index (χ4n) is 2.89. The first-order valence-electron chi connectivity index (χ1n) is 9.05. The molecule has 0 aliphatic heterocycles. The lowest BCUT2D eigenvalue weighted by Gasteiger charge is -2.19. The number of hydrogen-bond acceptors (Lipinski definition) is 3. The number of pyridine rings is 2. The molecular weight excluding hydrogens is 476 g/mol. The smallest absolute Gasteiger partial charge is 0.346 e. The number of carbonyl (C=O) groups excluding carboxylic acids is 1. The van der Waals surface area contributed by atoms with Gasteiger partial charge < -0.3 is 5.32 Å². The van der Waals surface area contributed by atoms with Crippen molar-refractivity contribution in [2.45, 2.75) is 18.5 Å². The Morgan fingerprint density at radius 2 is 1.72 bits per heavy atom. The summed E-state index contributed by atoms with van der Waals surface area (Å²) in [6.45, 7) is -1.20. The Morgan fingerprint density at radius 3 is 2.38 bits per heavy atom. The average molecular weight is 490 g/mol. The monoisotopic (exact) mass is 489 g/mol. The van der Waals surface area contributed by atoms with Crippen LogP contribution in [0.15, 0.2) is 54.9 Å². The van der Waals surface area contributed by atoms with Crippen molar-refractivity contribution in [3.63, 3.8) is 0 Å². The molecule has 168 valence electrons. The van der Waals surface area contributed by atoms with Gasteiger partial charge in [0.25, 0.3) is 11.8 Å². The lowest BCUT2D eigenvalue weighted by atomic mass is 10.1. The zero-order valence-electron chi connectivity index (χ0n) is 16.1. The van der Waals surface area contributed by atoms with Crippen LogP contribution in [-0.2, 0) is 12.6 Å². The summed E-state index contributed by atoms with van der Waals surface area (Å²) in [4.78, 5) is 20.0. The number of carbonyl (C=O) groups is 1. The van der Waals surface area contributed by atoms with Gasteiger partial charge in [0.05, 0.1) is 34.8 Å². The zero-order valence-corrected chi connectivity index (χ0v) is 17.6. The topological polar surface area (TPSA) is 54.9 Å². The number of alkyl halides is 5. The van der Waals surface area contributed by atoms with Crippen LogP contribution in [0, 0.1) is 0 Å². The van der Waals surface area contributed by atoms with Crippen molar-refractivity contribution in [3.05, 3.63) is 81.9 Å². The van der Waals surface area contributed by atoms with Crippen LogP contribution >= 0.6 is 23.2 Å². The molecule has 3 aromatic rings. The van der Waals surface area contributed by atoms with E-state index in [1.54, 1.807) is 12.1 Å². The van der Waals surface area contributed by atoms with Crippen LogP contribution < -0.4 is 5.32 Å². The lowest BCUT2D eigenvalue weighted by molar-refractivity contribution is -0.137. The van der Waals surface area contributed by atoms with Crippen LogP contribution in [-0.4, -0.2) is 28.3 Å². The van der Waals surface area contributed by atoms with E-state index >= 15 is 0 Å². The van der Waals surface area contributed by atoms with E-state index in [9.17, 15) is 26.7 Å². The Hall–Kier alpha value is -2.78. The molecule has 0 fully saturated rings. The molecule has 0 bridgehead atoms. The van der Waals surface area contributed by atoms with E-state index in [1.165, 1.54) is 24.5 Å². The maximum atomic E-state index is 14.4. The van der Waals surface area contributed by atoms with E-state index < -0.39 is 42.1 Å². The molecule has 11 heteroatoms. The molecule has 3 rings (SSSR count). The fourth-order valence-corrected chi connectivity index (χ4v) is 3.35. The Labute approximate surface area is 189 Å². The van der Waals surface area contributed by atoms with Crippen molar-refractivity contribution in [1.82, 2.24) is 15.3 Å². The third kappa shape index (κ3) is 5.72. The molecule has 1 amide bonds. The third-order valence-corrected chi connectivity index (χ3v) is 5.03. The minimum absolute atomic E-state index is 0.0594. The molecule has 2 heterocycles. The summed E-state index contributed by atoms with van der Waals surface area (Å²) < 4.78 is 67.9. The number of nitrogens with zero attached hydrogens (tertiary/aromatic N) is 2. The second kappa shape index (κ2) is 9.38. The van der Waals surface area contributed by atoms with Crippen LogP contribution in [0.5, 0.6) is 0 Å². The van der Waals surface area contributed by atoms with Gasteiger partial charge in [0.1, 0.15) is 5.15 Å². The molecule has 0 spiro atoms. The van der Waals surface area contributed by atoms with Gasteiger partial charge in [-0.1, -0.05) is 35.3 Å². The van der Waals surface area contributed by atoms with Gasteiger partial charge in [0.2, 0.25) is 0 Å². The van der Waals surface area contributed by atoms with E-state index in [2.05, 4.69) is 9.97 Å². The minimum atomic E-state index is -4.80. The predicted molar refractivity (Wildman–Crippen MR) is 110 cm³/mol. The summed E-state index contributed by atoms with van der Waals surface area (Å²) in [5.74, 6) is -4.79. The molecule has 0 saturated carbocycles. The van der Waals surface area contributed by atoms with Gasteiger partial charge >= 0.3 is 6.18 Å². The van der Waals surface area contributed by atoms with Crippen LogP contribution in [0.4, 0.5) is 22.0 Å². The number of aromatic nitrogens is 2. The van der Waals surface area contributed by atoms with Crippen LogP contribution in [0.1, 0.15) is 21.6 Å². The Balaban J connectivity index is 1.71. The van der Waals surface area contributed by atoms with E-state index in [4.69, 9.17) is 23.2 Å². The van der Waals surface area contributed by atoms with E-state index in [-0.39, 0.29) is 15.9 Å². The first kappa shape index (κ1) is 23.9. The first-order valence-corrected chi connectivity index (χ1v) is 9.81. The molecule has 0 aliphatic carbocycles. The second-order valence-corrected chi connectivity index (χ2v) is 7.52. The lowest BCUT2D eigenvalue weighted by Crippen LogP contribution is -2.39. The number of halogens is 7. The van der Waals surface area contributed by atoms with Crippen LogP contribution in [0.25, 0.3) is 11.1 Å². The summed E-state index contributed by atoms with van der Waals surface area (Å²) in [6.07, 6.45) is -2.95.